The topological polar surface area (TPSA) is 56.0 Å². The highest BCUT2D eigenvalue weighted by Crippen LogP contribution is 2.25. The van der Waals surface area contributed by atoms with Crippen molar-refractivity contribution in [2.75, 3.05) is 0 Å². The van der Waals surface area contributed by atoms with Crippen LogP contribution >= 0.6 is 27.3 Å². The van der Waals surface area contributed by atoms with E-state index in [0.29, 0.717) is 10.9 Å². The van der Waals surface area contributed by atoms with Gasteiger partial charge in [-0.05, 0) is 52.3 Å². The first-order chi connectivity index (χ1) is 10.1. The Kier molecular flexibility index (Phi) is 3.81. The van der Waals surface area contributed by atoms with Gasteiger partial charge in [0.15, 0.2) is 0 Å². The zero-order chi connectivity index (χ0) is 14.8. The standard InChI is InChI=1S/C15H9BrN2O2S/c16-10-8-12(21-9-10)6-4-11-5-7-13-14(17-11)2-1-3-15(13)18(19)20/h1-9H. The number of nitro benzene ring substituents is 1. The molecule has 2 heterocycles. The highest BCUT2D eigenvalue weighted by Gasteiger charge is 2.11. The maximum atomic E-state index is 11.0. The van der Waals surface area contributed by atoms with Gasteiger partial charge in [-0.1, -0.05) is 6.07 Å². The van der Waals surface area contributed by atoms with Crippen molar-refractivity contribution in [3.63, 3.8) is 0 Å². The van der Waals surface area contributed by atoms with Crippen LogP contribution in [0.1, 0.15) is 10.6 Å². The van der Waals surface area contributed by atoms with Gasteiger partial charge >= 0.3 is 0 Å². The van der Waals surface area contributed by atoms with Crippen LogP contribution in [0.4, 0.5) is 5.69 Å². The third-order valence-electron chi connectivity index (χ3n) is 2.93. The van der Waals surface area contributed by atoms with Crippen molar-refractivity contribution < 1.29 is 4.92 Å². The summed E-state index contributed by atoms with van der Waals surface area (Å²) in [5.41, 5.74) is 1.48. The second kappa shape index (κ2) is 5.75. The Hall–Kier alpha value is -2.05. The van der Waals surface area contributed by atoms with Gasteiger partial charge in [0.1, 0.15) is 0 Å². The molecule has 4 nitrogen and oxygen atoms in total. The predicted octanol–water partition coefficient (Wildman–Crippen LogP) is 5.14. The van der Waals surface area contributed by atoms with Crippen molar-refractivity contribution in [1.82, 2.24) is 4.98 Å². The number of thiophene rings is 1. The first kappa shape index (κ1) is 13.9. The molecular weight excluding hydrogens is 352 g/mol. The Balaban J connectivity index is 1.98. The monoisotopic (exact) mass is 360 g/mol. The molecule has 0 amide bonds. The zero-order valence-electron chi connectivity index (χ0n) is 10.7. The second-order valence-electron chi connectivity index (χ2n) is 4.34. The molecule has 2 aromatic heterocycles. The van der Waals surface area contributed by atoms with E-state index < -0.39 is 0 Å². The SMILES string of the molecule is O=[N+]([O-])c1cccc2nc(C=Cc3cc(Br)cs3)ccc12. The van der Waals surface area contributed by atoms with Gasteiger partial charge in [-0.15, -0.1) is 11.3 Å². The van der Waals surface area contributed by atoms with E-state index in [2.05, 4.69) is 20.9 Å². The minimum absolute atomic E-state index is 0.0812. The zero-order valence-corrected chi connectivity index (χ0v) is 13.1. The fraction of sp³-hybridized carbons (Fsp3) is 0. The quantitative estimate of drug-likeness (QED) is 0.480. The van der Waals surface area contributed by atoms with Gasteiger partial charge in [0.25, 0.3) is 5.69 Å². The number of nitrogens with zero attached hydrogens (tertiary/aromatic N) is 2. The van der Waals surface area contributed by atoms with Gasteiger partial charge in [-0.25, -0.2) is 4.98 Å². The number of hydrogen-bond donors (Lipinski definition) is 0. The van der Waals surface area contributed by atoms with Crippen LogP contribution in [-0.2, 0) is 0 Å². The fourth-order valence-corrected chi connectivity index (χ4v) is 3.33. The summed E-state index contributed by atoms with van der Waals surface area (Å²) in [6.07, 6.45) is 3.87. The molecule has 0 saturated carbocycles. The maximum absolute atomic E-state index is 11.0. The van der Waals surface area contributed by atoms with Crippen LogP contribution < -0.4 is 0 Å². The first-order valence-corrected chi connectivity index (χ1v) is 7.77. The molecule has 0 bridgehead atoms. The lowest BCUT2D eigenvalue weighted by molar-refractivity contribution is -0.383. The number of aromatic nitrogens is 1. The van der Waals surface area contributed by atoms with Crippen LogP contribution in [0.3, 0.4) is 0 Å². The van der Waals surface area contributed by atoms with Crippen molar-refractivity contribution >= 4 is 56.0 Å². The van der Waals surface area contributed by atoms with Crippen LogP contribution in [0.25, 0.3) is 23.1 Å². The summed E-state index contributed by atoms with van der Waals surface area (Å²) in [7, 11) is 0. The number of nitro groups is 1. The third-order valence-corrected chi connectivity index (χ3v) is 4.59. The van der Waals surface area contributed by atoms with Crippen LogP contribution in [0.2, 0.25) is 0 Å². The number of hydrogen-bond acceptors (Lipinski definition) is 4. The molecule has 3 aromatic rings. The number of fused-ring (bicyclic) bond motifs is 1. The molecule has 1 aromatic carbocycles. The molecule has 6 heteroatoms. The molecule has 0 N–H and O–H groups in total. The normalized spacial score (nSPS) is 11.3. The Morgan fingerprint density at radius 1 is 1.24 bits per heavy atom. The highest BCUT2D eigenvalue weighted by molar-refractivity contribution is 9.10. The number of non-ortho nitro benzene ring substituents is 1. The van der Waals surface area contributed by atoms with Gasteiger partial charge < -0.3 is 0 Å². The summed E-state index contributed by atoms with van der Waals surface area (Å²) in [5, 5.41) is 13.5. The van der Waals surface area contributed by atoms with Crippen LogP contribution in [-0.4, -0.2) is 9.91 Å². The van der Waals surface area contributed by atoms with Gasteiger partial charge in [0.2, 0.25) is 0 Å². The summed E-state index contributed by atoms with van der Waals surface area (Å²) >= 11 is 5.04. The van der Waals surface area contributed by atoms with Gasteiger partial charge in [-0.3, -0.25) is 10.1 Å². The Morgan fingerprint density at radius 3 is 2.81 bits per heavy atom. The lowest BCUT2D eigenvalue weighted by Gasteiger charge is -2.00. The Labute approximate surface area is 133 Å². The number of benzene rings is 1. The lowest BCUT2D eigenvalue weighted by atomic mass is 10.1. The Morgan fingerprint density at radius 2 is 2.10 bits per heavy atom. The van der Waals surface area contributed by atoms with E-state index in [1.165, 1.54) is 6.07 Å². The van der Waals surface area contributed by atoms with Crippen molar-refractivity contribution in [3.8, 4) is 0 Å². The van der Waals surface area contributed by atoms with E-state index in [-0.39, 0.29) is 10.6 Å². The minimum Gasteiger partial charge on any atom is -0.258 e. The smallest absolute Gasteiger partial charge is 0.258 e. The van der Waals surface area contributed by atoms with E-state index >= 15 is 0 Å². The van der Waals surface area contributed by atoms with Crippen LogP contribution in [0.5, 0.6) is 0 Å². The van der Waals surface area contributed by atoms with E-state index in [0.717, 1.165) is 15.0 Å². The maximum Gasteiger partial charge on any atom is 0.278 e. The molecule has 0 atom stereocenters. The van der Waals surface area contributed by atoms with E-state index in [1.807, 2.05) is 23.6 Å². The summed E-state index contributed by atoms with van der Waals surface area (Å²) in [6.45, 7) is 0. The van der Waals surface area contributed by atoms with Crippen molar-refractivity contribution in [2.24, 2.45) is 0 Å². The summed E-state index contributed by atoms with van der Waals surface area (Å²) in [6, 6.07) is 10.5. The molecule has 0 aliphatic rings. The summed E-state index contributed by atoms with van der Waals surface area (Å²) < 4.78 is 1.05. The second-order valence-corrected chi connectivity index (χ2v) is 6.20. The molecule has 0 aliphatic carbocycles. The van der Waals surface area contributed by atoms with E-state index in [4.69, 9.17) is 0 Å². The lowest BCUT2D eigenvalue weighted by Crippen LogP contribution is -1.91. The van der Waals surface area contributed by atoms with Crippen LogP contribution in [0, 0.1) is 10.1 Å². The predicted molar refractivity (Wildman–Crippen MR) is 89.3 cm³/mol. The van der Waals surface area contributed by atoms with Crippen molar-refractivity contribution in [3.05, 3.63) is 66.9 Å². The molecule has 3 rings (SSSR count). The van der Waals surface area contributed by atoms with Gasteiger partial charge in [0, 0.05) is 20.8 Å². The molecule has 0 radical (unpaired) electrons. The molecule has 0 aliphatic heterocycles. The van der Waals surface area contributed by atoms with E-state index in [9.17, 15) is 10.1 Å². The molecule has 0 fully saturated rings. The summed E-state index contributed by atoms with van der Waals surface area (Å²) in [4.78, 5) is 16.1. The molecule has 104 valence electrons. The minimum atomic E-state index is -0.386. The number of halogens is 1. The third kappa shape index (κ3) is 3.01. The average Bonchev–Trinajstić information content (AvgIpc) is 2.89. The van der Waals surface area contributed by atoms with Crippen LogP contribution in [0.15, 0.2) is 46.3 Å². The van der Waals surface area contributed by atoms with Gasteiger partial charge in [-0.2, -0.15) is 0 Å². The van der Waals surface area contributed by atoms with Crippen molar-refractivity contribution in [2.45, 2.75) is 0 Å². The molecule has 0 saturated heterocycles. The van der Waals surface area contributed by atoms with E-state index in [1.54, 1.807) is 35.6 Å². The van der Waals surface area contributed by atoms with Crippen molar-refractivity contribution in [1.29, 1.82) is 0 Å². The van der Waals surface area contributed by atoms with Gasteiger partial charge in [0.05, 0.1) is 21.5 Å². The average molecular weight is 361 g/mol. The highest BCUT2D eigenvalue weighted by atomic mass is 79.9. The molecular formula is C15H9BrN2O2S. The fourth-order valence-electron chi connectivity index (χ4n) is 1.99. The molecule has 21 heavy (non-hydrogen) atoms. The Bertz CT molecular complexity index is 858. The molecule has 0 unspecified atom stereocenters. The number of rotatable bonds is 3. The summed E-state index contributed by atoms with van der Waals surface area (Å²) in [5.74, 6) is 0. The largest absolute Gasteiger partial charge is 0.278 e. The number of pyridine rings is 1. The molecule has 0 spiro atoms. The first-order valence-electron chi connectivity index (χ1n) is 6.10.